The van der Waals surface area contributed by atoms with Crippen LogP contribution in [0.1, 0.15) is 30.4 Å². The molecule has 0 fully saturated rings. The molecule has 0 unspecified atom stereocenters. The first-order chi connectivity index (χ1) is 21.7. The van der Waals surface area contributed by atoms with Gasteiger partial charge in [0.05, 0.1) is 0 Å². The van der Waals surface area contributed by atoms with Crippen molar-refractivity contribution in [2.75, 3.05) is 0 Å². The summed E-state index contributed by atoms with van der Waals surface area (Å²) in [6, 6.07) is 55.7. The smallest absolute Gasteiger partial charge is 0.00994 e. The van der Waals surface area contributed by atoms with E-state index < -0.39 is 0 Å². The van der Waals surface area contributed by atoms with Gasteiger partial charge in [-0.3, -0.25) is 0 Å². The minimum atomic E-state index is 0. The molecule has 0 N–H and O–H groups in total. The first-order valence-electron chi connectivity index (χ1n) is 15.7. The van der Waals surface area contributed by atoms with Crippen LogP contribution >= 0.6 is 0 Å². The molecule has 0 aliphatic heterocycles. The number of rotatable bonds is 1. The van der Waals surface area contributed by atoms with Gasteiger partial charge < -0.3 is 24.8 Å². The third-order valence-electron chi connectivity index (χ3n) is 9.72. The molecule has 3 heteroatoms. The topological polar surface area (TPSA) is 0 Å². The number of hydrogen-bond acceptors (Lipinski definition) is 0. The zero-order valence-corrected chi connectivity index (χ0v) is 31.1. The Labute approximate surface area is 306 Å². The van der Waals surface area contributed by atoms with E-state index in [-0.39, 0.29) is 50.7 Å². The molecule has 0 nitrogen and oxygen atoms in total. The van der Waals surface area contributed by atoms with Crippen LogP contribution in [0.5, 0.6) is 0 Å². The van der Waals surface area contributed by atoms with Crippen LogP contribution in [0.2, 0.25) is 0 Å². The van der Waals surface area contributed by atoms with Gasteiger partial charge in [0.2, 0.25) is 0 Å². The van der Waals surface area contributed by atoms with Crippen LogP contribution in [0.15, 0.2) is 152 Å². The zero-order valence-electron chi connectivity index (χ0n) is 26.0. The summed E-state index contributed by atoms with van der Waals surface area (Å²) in [5.74, 6) is 0.522. The SMILES string of the molecule is CCC1c2cc3ccccc3cc2-c2cc3ccccc3cc21.[Cl-].[Cl-].[Hf].c1ccc2cc3c(cc2c1)[cH-]c1cc2ccccc2cc13. The van der Waals surface area contributed by atoms with Crippen molar-refractivity contribution in [1.29, 1.82) is 0 Å². The summed E-state index contributed by atoms with van der Waals surface area (Å²) in [4.78, 5) is 0. The maximum atomic E-state index is 2.41. The Morgan fingerprint density at radius 3 is 1.06 bits per heavy atom. The molecule has 0 radical (unpaired) electrons. The van der Waals surface area contributed by atoms with Gasteiger partial charge in [0.1, 0.15) is 0 Å². The maximum absolute atomic E-state index is 2.41. The summed E-state index contributed by atoms with van der Waals surface area (Å²) in [6.07, 6.45) is 1.15. The summed E-state index contributed by atoms with van der Waals surface area (Å²) in [6.45, 7) is 2.30. The van der Waals surface area contributed by atoms with E-state index in [0.29, 0.717) is 5.92 Å². The molecule has 1 aliphatic rings. The van der Waals surface area contributed by atoms with Crippen molar-refractivity contribution in [1.82, 2.24) is 0 Å². The Kier molecular flexibility index (Phi) is 9.36. The Morgan fingerprint density at radius 1 is 0.426 bits per heavy atom. The average molecular weight is 809 g/mol. The Morgan fingerprint density at radius 2 is 0.723 bits per heavy atom. The van der Waals surface area contributed by atoms with E-state index in [1.165, 1.54) is 86.9 Å². The second kappa shape index (κ2) is 13.3. The van der Waals surface area contributed by atoms with Crippen molar-refractivity contribution in [2.24, 2.45) is 0 Å². The van der Waals surface area contributed by atoms with Crippen LogP contribution in [0.25, 0.3) is 75.8 Å². The van der Waals surface area contributed by atoms with Crippen LogP contribution in [-0.4, -0.2) is 0 Å². The second-order valence-electron chi connectivity index (χ2n) is 12.3. The van der Waals surface area contributed by atoms with Gasteiger partial charge in [0.25, 0.3) is 0 Å². The van der Waals surface area contributed by atoms with E-state index in [1.54, 1.807) is 0 Å². The molecular weight excluding hydrogens is 778 g/mol. The minimum absolute atomic E-state index is 0. The molecular formula is C44H31Cl2Hf-3. The summed E-state index contributed by atoms with van der Waals surface area (Å²) in [7, 11) is 0. The largest absolute Gasteiger partial charge is 1.00 e. The van der Waals surface area contributed by atoms with Gasteiger partial charge in [-0.25, -0.2) is 0 Å². The van der Waals surface area contributed by atoms with Crippen LogP contribution in [0, 0.1) is 0 Å². The monoisotopic (exact) mass is 809 g/mol. The molecule has 9 aromatic carbocycles. The molecule has 0 amide bonds. The van der Waals surface area contributed by atoms with Crippen LogP contribution in [0.3, 0.4) is 0 Å². The second-order valence-corrected chi connectivity index (χ2v) is 12.3. The van der Waals surface area contributed by atoms with Crippen molar-refractivity contribution in [2.45, 2.75) is 19.3 Å². The molecule has 0 spiro atoms. The molecule has 47 heavy (non-hydrogen) atoms. The maximum Gasteiger partial charge on any atom is 0.00994 e. The molecule has 228 valence electrons. The van der Waals surface area contributed by atoms with Crippen molar-refractivity contribution < 1.29 is 50.7 Å². The molecule has 0 heterocycles. The summed E-state index contributed by atoms with van der Waals surface area (Å²) in [5.41, 5.74) is 5.85. The number of halogens is 2. The molecule has 9 aromatic rings. The van der Waals surface area contributed by atoms with E-state index in [2.05, 4.69) is 159 Å². The van der Waals surface area contributed by atoms with Crippen molar-refractivity contribution >= 4 is 64.6 Å². The van der Waals surface area contributed by atoms with Gasteiger partial charge in [-0.1, -0.05) is 127 Å². The van der Waals surface area contributed by atoms with E-state index in [9.17, 15) is 0 Å². The molecule has 0 bridgehead atoms. The van der Waals surface area contributed by atoms with Crippen LogP contribution in [0.4, 0.5) is 0 Å². The molecule has 0 atom stereocenters. The van der Waals surface area contributed by atoms with Gasteiger partial charge in [0.15, 0.2) is 0 Å². The fourth-order valence-corrected chi connectivity index (χ4v) is 7.55. The molecule has 1 aliphatic carbocycles. The molecule has 0 saturated heterocycles. The fraction of sp³-hybridized carbons (Fsp3) is 0.0682. The van der Waals surface area contributed by atoms with Gasteiger partial charge in [-0.2, -0.15) is 0 Å². The van der Waals surface area contributed by atoms with E-state index in [0.717, 1.165) is 6.42 Å². The standard InChI is InChI=1S/C23H18.C21H13.2ClH.Hf/c1-2-19-20-11-15-7-3-5-9-17(15)13-22(20)23-14-18-10-6-4-8-16(18)12-21(19)23;1-3-7-16-12-20-18(9-14(16)5-1)11-19-10-15-6-2-4-8-17(15)13-21(19)20;;;/h3-14,19H,2H2,1H3;1-13H;2*1H;/q;-1;;;/p-2. The first-order valence-corrected chi connectivity index (χ1v) is 15.7. The quantitative estimate of drug-likeness (QED) is 0.131. The van der Waals surface area contributed by atoms with Crippen molar-refractivity contribution in [3.8, 4) is 11.1 Å². The molecule has 0 aromatic heterocycles. The summed E-state index contributed by atoms with van der Waals surface area (Å²) in [5, 5.41) is 16.0. The van der Waals surface area contributed by atoms with Gasteiger partial charge in [-0.05, 0) is 85.3 Å². The molecule has 10 rings (SSSR count). The summed E-state index contributed by atoms with van der Waals surface area (Å²) >= 11 is 0. The number of benzene rings is 8. The Hall–Kier alpha value is -3.88. The third kappa shape index (κ3) is 5.59. The predicted molar refractivity (Wildman–Crippen MR) is 191 cm³/mol. The van der Waals surface area contributed by atoms with E-state index in [4.69, 9.17) is 0 Å². The van der Waals surface area contributed by atoms with Gasteiger partial charge in [-0.15, -0.1) is 39.7 Å². The third-order valence-corrected chi connectivity index (χ3v) is 9.72. The van der Waals surface area contributed by atoms with Crippen molar-refractivity contribution in [3.63, 3.8) is 0 Å². The Bertz CT molecular complexity index is 2390. The Balaban J connectivity index is 0.000000155. The number of fused-ring (bicyclic) bond motifs is 10. The predicted octanol–water partition coefficient (Wildman–Crippen LogP) is 6.54. The normalized spacial score (nSPS) is 11.9. The minimum Gasteiger partial charge on any atom is -1.00 e. The first kappa shape index (κ1) is 33.0. The van der Waals surface area contributed by atoms with Gasteiger partial charge >= 0.3 is 0 Å². The molecule has 0 saturated carbocycles. The van der Waals surface area contributed by atoms with E-state index >= 15 is 0 Å². The summed E-state index contributed by atoms with van der Waals surface area (Å²) < 4.78 is 0. The van der Waals surface area contributed by atoms with E-state index in [1.807, 2.05) is 0 Å². The van der Waals surface area contributed by atoms with Crippen LogP contribution in [-0.2, 0) is 25.8 Å². The van der Waals surface area contributed by atoms with Crippen molar-refractivity contribution in [3.05, 3.63) is 163 Å². The van der Waals surface area contributed by atoms with Crippen LogP contribution < -0.4 is 24.8 Å². The van der Waals surface area contributed by atoms with Gasteiger partial charge in [0, 0.05) is 31.8 Å². The average Bonchev–Trinajstić information content (AvgIpc) is 3.57. The number of hydrogen-bond donors (Lipinski definition) is 0. The zero-order chi connectivity index (χ0) is 29.2. The fourth-order valence-electron chi connectivity index (χ4n) is 7.55.